The minimum atomic E-state index is -3.86. The van der Waals surface area contributed by atoms with E-state index in [4.69, 9.17) is 0 Å². The molecule has 0 saturated heterocycles. The number of carbonyl (C=O) groups excluding carboxylic acids is 1. The van der Waals surface area contributed by atoms with Gasteiger partial charge in [0.05, 0.1) is 17.8 Å². The van der Waals surface area contributed by atoms with Crippen molar-refractivity contribution in [1.82, 2.24) is 4.72 Å². The number of hydrogen-bond donors (Lipinski definition) is 1. The van der Waals surface area contributed by atoms with E-state index in [9.17, 15) is 13.2 Å². The lowest BCUT2D eigenvalue weighted by Gasteiger charge is -2.30. The molecule has 2 aromatic carbocycles. The molecule has 0 aromatic heterocycles. The van der Waals surface area contributed by atoms with Gasteiger partial charge in [-0.3, -0.25) is 4.79 Å². The minimum absolute atomic E-state index is 0.180. The van der Waals surface area contributed by atoms with Crippen LogP contribution in [0.5, 0.6) is 0 Å². The molecule has 1 aliphatic rings. The molecule has 0 bridgehead atoms. The lowest BCUT2D eigenvalue weighted by molar-refractivity contribution is 0.0979. The van der Waals surface area contributed by atoms with Crippen LogP contribution < -0.4 is 9.03 Å². The third kappa shape index (κ3) is 2.50. The Morgan fingerprint density at radius 2 is 1.71 bits per heavy atom. The molecule has 108 valence electrons. The van der Waals surface area contributed by atoms with E-state index in [1.165, 1.54) is 4.31 Å². The average Bonchev–Trinajstić information content (AvgIpc) is 2.45. The van der Waals surface area contributed by atoms with Crippen molar-refractivity contribution in [3.05, 3.63) is 65.2 Å². The van der Waals surface area contributed by atoms with Gasteiger partial charge in [-0.05, 0) is 24.6 Å². The second-order valence-electron chi connectivity index (χ2n) is 4.95. The number of anilines is 1. The van der Waals surface area contributed by atoms with E-state index in [1.807, 2.05) is 31.2 Å². The van der Waals surface area contributed by atoms with Crippen LogP contribution in [-0.4, -0.2) is 14.3 Å². The van der Waals surface area contributed by atoms with Gasteiger partial charge >= 0.3 is 10.2 Å². The molecule has 5 nitrogen and oxygen atoms in total. The van der Waals surface area contributed by atoms with E-state index in [0.29, 0.717) is 11.3 Å². The van der Waals surface area contributed by atoms with Crippen LogP contribution in [0.4, 0.5) is 5.69 Å². The fourth-order valence-electron chi connectivity index (χ4n) is 2.27. The van der Waals surface area contributed by atoms with Crippen molar-refractivity contribution in [3.8, 4) is 0 Å². The zero-order valence-corrected chi connectivity index (χ0v) is 12.2. The Hall–Kier alpha value is -2.34. The van der Waals surface area contributed by atoms with Crippen LogP contribution in [0.2, 0.25) is 0 Å². The van der Waals surface area contributed by atoms with Crippen LogP contribution in [0.15, 0.2) is 48.5 Å². The standard InChI is InChI=1S/C15H14N2O3S/c1-11-6-8-12(9-7-11)10-17-14-5-3-2-4-13(14)15(18)16-21(17,19)20/h2-9H,10H2,1H3,(H,16,18). The van der Waals surface area contributed by atoms with E-state index >= 15 is 0 Å². The predicted octanol–water partition coefficient (Wildman–Crippen LogP) is 1.99. The summed E-state index contributed by atoms with van der Waals surface area (Å²) in [5, 5.41) is 0. The normalized spacial score (nSPS) is 16.2. The topological polar surface area (TPSA) is 66.5 Å². The lowest BCUT2D eigenvalue weighted by Crippen LogP contribution is -2.48. The summed E-state index contributed by atoms with van der Waals surface area (Å²) in [6, 6.07) is 14.3. The number of fused-ring (bicyclic) bond motifs is 1. The van der Waals surface area contributed by atoms with Crippen LogP contribution in [-0.2, 0) is 16.8 Å². The van der Waals surface area contributed by atoms with E-state index in [-0.39, 0.29) is 6.54 Å². The number of nitrogens with zero attached hydrogens (tertiary/aromatic N) is 1. The SMILES string of the molecule is Cc1ccc(CN2c3ccccc3C(=O)NS2(=O)=O)cc1. The number of para-hydroxylation sites is 1. The largest absolute Gasteiger partial charge is 0.326 e. The molecule has 1 amide bonds. The third-order valence-corrected chi connectivity index (χ3v) is 4.73. The molecule has 0 fully saturated rings. The zero-order valence-electron chi connectivity index (χ0n) is 11.4. The second-order valence-corrected chi connectivity index (χ2v) is 6.54. The van der Waals surface area contributed by atoms with Crippen molar-refractivity contribution in [3.63, 3.8) is 0 Å². The second kappa shape index (κ2) is 4.89. The molecular weight excluding hydrogens is 288 g/mol. The third-order valence-electron chi connectivity index (χ3n) is 3.38. The number of benzene rings is 2. The monoisotopic (exact) mass is 302 g/mol. The molecule has 1 N–H and O–H groups in total. The van der Waals surface area contributed by atoms with Gasteiger partial charge in [-0.25, -0.2) is 9.03 Å². The molecule has 0 aliphatic carbocycles. The maximum absolute atomic E-state index is 12.2. The van der Waals surface area contributed by atoms with E-state index in [0.717, 1.165) is 11.1 Å². The highest BCUT2D eigenvalue weighted by Crippen LogP contribution is 2.28. The lowest BCUT2D eigenvalue weighted by atomic mass is 10.1. The Labute approximate surface area is 123 Å². The molecular formula is C15H14N2O3S. The molecule has 0 saturated carbocycles. The zero-order chi connectivity index (χ0) is 15.0. The van der Waals surface area contributed by atoms with E-state index < -0.39 is 16.1 Å². The van der Waals surface area contributed by atoms with Gasteiger partial charge < -0.3 is 0 Å². The van der Waals surface area contributed by atoms with Gasteiger partial charge in [0.25, 0.3) is 5.91 Å². The summed E-state index contributed by atoms with van der Waals surface area (Å²) in [4.78, 5) is 11.8. The summed E-state index contributed by atoms with van der Waals surface area (Å²) in [6.45, 7) is 2.15. The first-order chi connectivity index (χ1) is 9.97. The molecule has 0 radical (unpaired) electrons. The summed E-state index contributed by atoms with van der Waals surface area (Å²) in [5.74, 6) is -0.592. The first-order valence-electron chi connectivity index (χ1n) is 6.47. The van der Waals surface area contributed by atoms with Gasteiger partial charge in [0.2, 0.25) is 0 Å². The number of nitrogens with one attached hydrogen (secondary N) is 1. The Bertz CT molecular complexity index is 798. The van der Waals surface area contributed by atoms with Crippen molar-refractivity contribution in [1.29, 1.82) is 0 Å². The van der Waals surface area contributed by atoms with Gasteiger partial charge in [0.15, 0.2) is 0 Å². The summed E-state index contributed by atoms with van der Waals surface area (Å²) in [6.07, 6.45) is 0. The Balaban J connectivity index is 2.05. The highest BCUT2D eigenvalue weighted by Gasteiger charge is 2.33. The van der Waals surface area contributed by atoms with Crippen molar-refractivity contribution in [2.45, 2.75) is 13.5 Å². The van der Waals surface area contributed by atoms with Gasteiger partial charge in [0, 0.05) is 0 Å². The van der Waals surface area contributed by atoms with Crippen LogP contribution in [0, 0.1) is 6.92 Å². The molecule has 3 rings (SSSR count). The molecule has 0 spiro atoms. The van der Waals surface area contributed by atoms with Gasteiger partial charge in [-0.15, -0.1) is 0 Å². The smallest absolute Gasteiger partial charge is 0.268 e. The van der Waals surface area contributed by atoms with Gasteiger partial charge in [0.1, 0.15) is 0 Å². The highest BCUT2D eigenvalue weighted by molar-refractivity contribution is 7.91. The van der Waals surface area contributed by atoms with Gasteiger partial charge in [-0.2, -0.15) is 8.42 Å². The predicted molar refractivity (Wildman–Crippen MR) is 80.2 cm³/mol. The van der Waals surface area contributed by atoms with Crippen LogP contribution in [0.25, 0.3) is 0 Å². The fraction of sp³-hybridized carbons (Fsp3) is 0.133. The molecule has 21 heavy (non-hydrogen) atoms. The number of rotatable bonds is 2. The summed E-state index contributed by atoms with van der Waals surface area (Å²) in [5.41, 5.74) is 2.73. The molecule has 1 aliphatic heterocycles. The summed E-state index contributed by atoms with van der Waals surface area (Å²) in [7, 11) is -3.86. The molecule has 0 atom stereocenters. The van der Waals surface area contributed by atoms with Crippen molar-refractivity contribution in [2.75, 3.05) is 4.31 Å². The Morgan fingerprint density at radius 1 is 1.05 bits per heavy atom. The number of hydrogen-bond acceptors (Lipinski definition) is 3. The van der Waals surface area contributed by atoms with Crippen molar-refractivity contribution in [2.24, 2.45) is 0 Å². The quantitative estimate of drug-likeness (QED) is 0.922. The first kappa shape index (κ1) is 13.6. The van der Waals surface area contributed by atoms with E-state index in [1.54, 1.807) is 24.3 Å². The Morgan fingerprint density at radius 3 is 2.43 bits per heavy atom. The number of carbonyl (C=O) groups is 1. The molecule has 2 aromatic rings. The number of amides is 1. The number of aryl methyl sites for hydroxylation is 1. The maximum atomic E-state index is 12.2. The fourth-order valence-corrected chi connectivity index (χ4v) is 3.46. The first-order valence-corrected chi connectivity index (χ1v) is 7.91. The van der Waals surface area contributed by atoms with E-state index in [2.05, 4.69) is 4.72 Å². The Kier molecular flexibility index (Phi) is 3.17. The molecule has 6 heteroatoms. The van der Waals surface area contributed by atoms with Crippen molar-refractivity contribution >= 4 is 21.8 Å². The summed E-state index contributed by atoms with van der Waals surface area (Å²) >= 11 is 0. The van der Waals surface area contributed by atoms with Crippen molar-refractivity contribution < 1.29 is 13.2 Å². The molecule has 1 heterocycles. The minimum Gasteiger partial charge on any atom is -0.268 e. The highest BCUT2D eigenvalue weighted by atomic mass is 32.2. The van der Waals surface area contributed by atoms with Gasteiger partial charge in [-0.1, -0.05) is 42.0 Å². The van der Waals surface area contributed by atoms with Crippen LogP contribution >= 0.6 is 0 Å². The maximum Gasteiger partial charge on any atom is 0.326 e. The van der Waals surface area contributed by atoms with Crippen LogP contribution in [0.1, 0.15) is 21.5 Å². The summed E-state index contributed by atoms with van der Waals surface area (Å²) < 4.78 is 27.7. The average molecular weight is 302 g/mol. The molecule has 0 unspecified atom stereocenters. The van der Waals surface area contributed by atoms with Crippen LogP contribution in [0.3, 0.4) is 0 Å².